The second-order valence-electron chi connectivity index (χ2n) is 6.28. The lowest BCUT2D eigenvalue weighted by Gasteiger charge is -2.35. The zero-order valence-corrected chi connectivity index (χ0v) is 13.8. The summed E-state index contributed by atoms with van der Waals surface area (Å²) in [6.07, 6.45) is 9.06. The number of carboxylic acid groups (broad SMARTS) is 1. The molecule has 1 saturated heterocycles. The number of hydrogen-bond acceptors (Lipinski definition) is 4. The maximum Gasteiger partial charge on any atom is 0.337 e. The molecule has 0 saturated carbocycles. The van der Waals surface area contributed by atoms with Gasteiger partial charge in [-0.2, -0.15) is 0 Å². The Morgan fingerprint density at radius 2 is 2.04 bits per heavy atom. The van der Waals surface area contributed by atoms with Crippen molar-refractivity contribution in [1.82, 2.24) is 14.9 Å². The molecule has 0 spiro atoms. The van der Waals surface area contributed by atoms with E-state index < -0.39 is 5.97 Å². The van der Waals surface area contributed by atoms with Crippen molar-refractivity contribution in [3.05, 3.63) is 59.7 Å². The van der Waals surface area contributed by atoms with Crippen molar-refractivity contribution in [2.45, 2.75) is 44.7 Å². The third kappa shape index (κ3) is 4.17. The van der Waals surface area contributed by atoms with Crippen LogP contribution in [0.2, 0.25) is 0 Å². The van der Waals surface area contributed by atoms with Gasteiger partial charge in [0.2, 0.25) is 0 Å². The number of likely N-dealkylation sites (tertiary alicyclic amines) is 1. The molecule has 0 bridgehead atoms. The van der Waals surface area contributed by atoms with Crippen molar-refractivity contribution in [2.24, 2.45) is 0 Å². The number of nitrogens with zero attached hydrogens (tertiary/aromatic N) is 3. The van der Waals surface area contributed by atoms with Crippen LogP contribution < -0.4 is 0 Å². The SMILES string of the molecule is O=C(O)c1cccnc1CN1CCCCC1CCc1ccccn1. The van der Waals surface area contributed by atoms with Gasteiger partial charge in [0.15, 0.2) is 0 Å². The Labute approximate surface area is 142 Å². The van der Waals surface area contributed by atoms with Crippen LogP contribution >= 0.6 is 0 Å². The van der Waals surface area contributed by atoms with E-state index in [0.717, 1.165) is 37.9 Å². The predicted octanol–water partition coefficient (Wildman–Crippen LogP) is 3.16. The molecule has 1 fully saturated rings. The number of aryl methyl sites for hydroxylation is 1. The maximum atomic E-state index is 11.4. The standard InChI is InChI=1S/C19H23N3O2/c23-19(24)17-8-5-12-21-18(17)14-22-13-4-2-7-16(22)10-9-15-6-1-3-11-20-15/h1,3,5-6,8,11-12,16H,2,4,7,9-10,13-14H2,(H,23,24). The van der Waals surface area contributed by atoms with E-state index in [1.165, 1.54) is 6.42 Å². The second kappa shape index (κ2) is 8.02. The third-order valence-corrected chi connectivity index (χ3v) is 4.68. The molecule has 5 nitrogen and oxygen atoms in total. The van der Waals surface area contributed by atoms with Crippen molar-refractivity contribution in [3.63, 3.8) is 0 Å². The highest BCUT2D eigenvalue weighted by molar-refractivity contribution is 5.88. The Morgan fingerprint density at radius 1 is 1.17 bits per heavy atom. The molecule has 2 aromatic heterocycles. The average Bonchev–Trinajstić information content (AvgIpc) is 2.62. The highest BCUT2D eigenvalue weighted by atomic mass is 16.4. The molecule has 1 aliphatic rings. The molecule has 5 heteroatoms. The Morgan fingerprint density at radius 3 is 2.83 bits per heavy atom. The summed E-state index contributed by atoms with van der Waals surface area (Å²) in [5.74, 6) is -0.903. The van der Waals surface area contributed by atoms with Gasteiger partial charge in [-0.15, -0.1) is 0 Å². The Hall–Kier alpha value is -2.27. The molecule has 0 radical (unpaired) electrons. The van der Waals surface area contributed by atoms with Crippen LogP contribution in [0, 0.1) is 0 Å². The zero-order valence-electron chi connectivity index (χ0n) is 13.8. The number of rotatable bonds is 6. The minimum atomic E-state index is -0.903. The first-order valence-corrected chi connectivity index (χ1v) is 8.55. The third-order valence-electron chi connectivity index (χ3n) is 4.68. The monoisotopic (exact) mass is 325 g/mol. The lowest BCUT2D eigenvalue weighted by atomic mass is 9.96. The first-order chi connectivity index (χ1) is 11.7. The van der Waals surface area contributed by atoms with Crippen molar-refractivity contribution < 1.29 is 9.90 Å². The van der Waals surface area contributed by atoms with Gasteiger partial charge >= 0.3 is 5.97 Å². The number of aromatic carboxylic acids is 1. The molecule has 1 N–H and O–H groups in total. The van der Waals surface area contributed by atoms with Crippen LogP contribution in [0.5, 0.6) is 0 Å². The van der Waals surface area contributed by atoms with E-state index in [1.807, 2.05) is 18.3 Å². The van der Waals surface area contributed by atoms with Crippen LogP contribution in [0.4, 0.5) is 0 Å². The maximum absolute atomic E-state index is 11.4. The first-order valence-electron chi connectivity index (χ1n) is 8.55. The summed E-state index contributed by atoms with van der Waals surface area (Å²) in [5, 5.41) is 9.35. The number of hydrogen-bond donors (Lipinski definition) is 1. The van der Waals surface area contributed by atoms with Gasteiger partial charge in [0.25, 0.3) is 0 Å². The van der Waals surface area contributed by atoms with Gasteiger partial charge in [-0.25, -0.2) is 4.79 Å². The fourth-order valence-corrected chi connectivity index (χ4v) is 3.41. The molecular formula is C19H23N3O2. The van der Waals surface area contributed by atoms with Crippen LogP contribution in [0.1, 0.15) is 47.4 Å². The van der Waals surface area contributed by atoms with Gasteiger partial charge < -0.3 is 5.11 Å². The topological polar surface area (TPSA) is 66.3 Å². The molecular weight excluding hydrogens is 302 g/mol. The minimum Gasteiger partial charge on any atom is -0.478 e. The van der Waals surface area contributed by atoms with E-state index in [0.29, 0.717) is 23.8 Å². The number of carbonyl (C=O) groups is 1. The Kier molecular flexibility index (Phi) is 5.54. The average molecular weight is 325 g/mol. The smallest absolute Gasteiger partial charge is 0.337 e. The molecule has 0 amide bonds. The summed E-state index contributed by atoms with van der Waals surface area (Å²) in [6.45, 7) is 1.61. The van der Waals surface area contributed by atoms with E-state index in [1.54, 1.807) is 18.3 Å². The Bertz CT molecular complexity index is 675. The fourth-order valence-electron chi connectivity index (χ4n) is 3.41. The fraction of sp³-hybridized carbons (Fsp3) is 0.421. The van der Waals surface area contributed by atoms with Crippen LogP contribution in [0.3, 0.4) is 0 Å². The van der Waals surface area contributed by atoms with Gasteiger partial charge in [0.05, 0.1) is 11.3 Å². The van der Waals surface area contributed by atoms with Crippen LogP contribution in [-0.4, -0.2) is 38.5 Å². The molecule has 3 rings (SSSR count). The summed E-state index contributed by atoms with van der Waals surface area (Å²) in [7, 11) is 0. The lowest BCUT2D eigenvalue weighted by Crippen LogP contribution is -2.39. The van der Waals surface area contributed by atoms with Crippen molar-refractivity contribution in [1.29, 1.82) is 0 Å². The number of piperidine rings is 1. The van der Waals surface area contributed by atoms with Gasteiger partial charge in [-0.1, -0.05) is 12.5 Å². The van der Waals surface area contributed by atoms with Crippen LogP contribution in [0.25, 0.3) is 0 Å². The molecule has 1 atom stereocenters. The van der Waals surface area contributed by atoms with E-state index in [2.05, 4.69) is 20.9 Å². The normalized spacial score (nSPS) is 18.4. The number of aromatic nitrogens is 2. The van der Waals surface area contributed by atoms with Gasteiger partial charge in [-0.3, -0.25) is 14.9 Å². The van der Waals surface area contributed by atoms with E-state index in [-0.39, 0.29) is 0 Å². The van der Waals surface area contributed by atoms with Crippen LogP contribution in [0.15, 0.2) is 42.7 Å². The summed E-state index contributed by atoms with van der Waals surface area (Å²) in [5.41, 5.74) is 2.09. The first kappa shape index (κ1) is 16.6. The van der Waals surface area contributed by atoms with Crippen molar-refractivity contribution >= 4 is 5.97 Å². The highest BCUT2D eigenvalue weighted by Crippen LogP contribution is 2.23. The molecule has 24 heavy (non-hydrogen) atoms. The summed E-state index contributed by atoms with van der Waals surface area (Å²) in [6, 6.07) is 9.80. The number of pyridine rings is 2. The quantitative estimate of drug-likeness (QED) is 0.883. The summed E-state index contributed by atoms with van der Waals surface area (Å²) >= 11 is 0. The van der Waals surface area contributed by atoms with Gasteiger partial charge in [0.1, 0.15) is 0 Å². The Balaban J connectivity index is 1.67. The van der Waals surface area contributed by atoms with Crippen molar-refractivity contribution in [3.8, 4) is 0 Å². The van der Waals surface area contributed by atoms with Gasteiger partial charge in [-0.05, 0) is 56.5 Å². The molecule has 0 aliphatic carbocycles. The van der Waals surface area contributed by atoms with E-state index >= 15 is 0 Å². The summed E-state index contributed by atoms with van der Waals surface area (Å²) < 4.78 is 0. The van der Waals surface area contributed by atoms with Crippen LogP contribution in [-0.2, 0) is 13.0 Å². The van der Waals surface area contributed by atoms with Crippen molar-refractivity contribution in [2.75, 3.05) is 6.54 Å². The highest BCUT2D eigenvalue weighted by Gasteiger charge is 2.24. The molecule has 0 aromatic carbocycles. The second-order valence-corrected chi connectivity index (χ2v) is 6.28. The largest absolute Gasteiger partial charge is 0.478 e. The summed E-state index contributed by atoms with van der Waals surface area (Å²) in [4.78, 5) is 22.5. The predicted molar refractivity (Wildman–Crippen MR) is 91.8 cm³/mol. The molecule has 1 aliphatic heterocycles. The molecule has 1 unspecified atom stereocenters. The molecule has 2 aromatic rings. The van der Waals surface area contributed by atoms with E-state index in [4.69, 9.17) is 0 Å². The lowest BCUT2D eigenvalue weighted by molar-refractivity contribution is 0.0690. The molecule has 126 valence electrons. The molecule has 3 heterocycles. The zero-order chi connectivity index (χ0) is 16.8. The number of carboxylic acids is 1. The minimum absolute atomic E-state index is 0.312. The van der Waals surface area contributed by atoms with Gasteiger partial charge in [0, 0.05) is 30.7 Å². The van der Waals surface area contributed by atoms with E-state index in [9.17, 15) is 9.90 Å².